The number of alkyl carbamates (subject to hydrolysis) is 1. The summed E-state index contributed by atoms with van der Waals surface area (Å²) in [6, 6.07) is 1.89. The van der Waals surface area contributed by atoms with Gasteiger partial charge in [-0.3, -0.25) is 0 Å². The highest BCUT2D eigenvalue weighted by Crippen LogP contribution is 2.44. The van der Waals surface area contributed by atoms with E-state index in [-0.39, 0.29) is 23.8 Å². The molecule has 4 aliphatic rings. The summed E-state index contributed by atoms with van der Waals surface area (Å²) in [5, 5.41) is 8.80. The second kappa shape index (κ2) is 11.9. The van der Waals surface area contributed by atoms with Crippen molar-refractivity contribution in [3.63, 3.8) is 0 Å². The van der Waals surface area contributed by atoms with Crippen LogP contribution >= 0.6 is 11.6 Å². The van der Waals surface area contributed by atoms with Crippen LogP contribution in [0.25, 0.3) is 11.2 Å². The van der Waals surface area contributed by atoms with Crippen molar-refractivity contribution in [2.24, 2.45) is 5.41 Å². The summed E-state index contributed by atoms with van der Waals surface area (Å²) in [5.74, 6) is 1.59. The SMILES string of the molecule is C[C@@H]1OCC2(CCN(c3cnc4c(N5CCCc6c5ccnc6Cl)nn(C5CCCCO5)c4n3)CC2)[C@@H]1NC(=O)OC(C)(C)C. The van der Waals surface area contributed by atoms with Gasteiger partial charge in [-0.2, -0.15) is 0 Å². The number of hydrogen-bond donors (Lipinski definition) is 1. The minimum Gasteiger partial charge on any atom is -0.444 e. The van der Waals surface area contributed by atoms with E-state index in [4.69, 9.17) is 40.9 Å². The molecule has 1 N–H and O–H groups in total. The van der Waals surface area contributed by atoms with Gasteiger partial charge in [-0.05, 0) is 78.7 Å². The third-order valence-corrected chi connectivity index (χ3v) is 9.98. The average Bonchev–Trinajstić information content (AvgIpc) is 3.54. The van der Waals surface area contributed by atoms with E-state index in [1.165, 1.54) is 0 Å². The minimum absolute atomic E-state index is 0.0888. The van der Waals surface area contributed by atoms with Crippen molar-refractivity contribution in [2.75, 3.05) is 42.6 Å². The van der Waals surface area contributed by atoms with Gasteiger partial charge in [0.1, 0.15) is 16.6 Å². The molecule has 0 aliphatic carbocycles. The lowest BCUT2D eigenvalue weighted by Gasteiger charge is -2.42. The van der Waals surface area contributed by atoms with Gasteiger partial charge in [-0.15, -0.1) is 5.10 Å². The second-order valence-corrected chi connectivity index (χ2v) is 14.2. The van der Waals surface area contributed by atoms with Crippen molar-refractivity contribution >= 4 is 46.2 Å². The maximum absolute atomic E-state index is 12.7. The maximum atomic E-state index is 12.7. The van der Waals surface area contributed by atoms with Crippen LogP contribution in [0.3, 0.4) is 0 Å². The third kappa shape index (κ3) is 5.81. The number of anilines is 3. The molecule has 0 bridgehead atoms. The molecule has 1 amide bonds. The molecule has 13 heteroatoms. The number of nitrogens with zero attached hydrogens (tertiary/aromatic N) is 7. The molecule has 0 aromatic carbocycles. The van der Waals surface area contributed by atoms with Gasteiger partial charge in [0.25, 0.3) is 0 Å². The molecule has 242 valence electrons. The number of piperidine rings is 1. The first-order valence-electron chi connectivity index (χ1n) is 16.3. The van der Waals surface area contributed by atoms with Gasteiger partial charge in [0, 0.05) is 43.4 Å². The number of fused-ring (bicyclic) bond motifs is 2. The van der Waals surface area contributed by atoms with Gasteiger partial charge in [-0.25, -0.2) is 24.4 Å². The molecule has 1 unspecified atom stereocenters. The predicted molar refractivity (Wildman–Crippen MR) is 171 cm³/mol. The Balaban J connectivity index is 1.17. The number of rotatable bonds is 4. The van der Waals surface area contributed by atoms with Crippen LogP contribution in [-0.4, -0.2) is 81.4 Å². The van der Waals surface area contributed by atoms with Crippen LogP contribution < -0.4 is 15.1 Å². The quantitative estimate of drug-likeness (QED) is 0.364. The van der Waals surface area contributed by atoms with E-state index in [0.717, 1.165) is 98.6 Å². The number of pyridine rings is 1. The van der Waals surface area contributed by atoms with Crippen LogP contribution in [0.5, 0.6) is 0 Å². The standard InChI is InChI=1S/C32H43ClN8O4/c1-20-26(37-30(42)45-31(2,3)4)32(19-44-20)11-15-39(16-12-32)23-18-35-25-28(36-23)41(24-9-5-6-17-43-24)38-29(25)40-14-7-8-21-22(40)10-13-34-27(21)33/h10,13,18,20,24,26H,5-9,11-12,14-17,19H2,1-4H3,(H,37,42)/t20-,24?,26+/m0/s1. The number of carbonyl (C=O) groups is 1. The van der Waals surface area contributed by atoms with E-state index in [1.54, 1.807) is 6.20 Å². The average molecular weight is 639 g/mol. The first-order chi connectivity index (χ1) is 21.6. The first-order valence-corrected chi connectivity index (χ1v) is 16.6. The van der Waals surface area contributed by atoms with E-state index in [9.17, 15) is 4.79 Å². The summed E-state index contributed by atoms with van der Waals surface area (Å²) in [4.78, 5) is 31.7. The number of ether oxygens (including phenoxy) is 3. The van der Waals surface area contributed by atoms with Gasteiger partial charge in [0.2, 0.25) is 0 Å². The van der Waals surface area contributed by atoms with Crippen molar-refractivity contribution < 1.29 is 19.0 Å². The summed E-state index contributed by atoms with van der Waals surface area (Å²) in [7, 11) is 0. The maximum Gasteiger partial charge on any atom is 0.407 e. The molecule has 1 spiro atoms. The lowest BCUT2D eigenvalue weighted by atomic mass is 9.73. The number of carbonyl (C=O) groups excluding carboxylic acids is 1. The molecule has 12 nitrogen and oxygen atoms in total. The fourth-order valence-electron chi connectivity index (χ4n) is 7.35. The van der Waals surface area contributed by atoms with E-state index in [0.29, 0.717) is 18.4 Å². The van der Waals surface area contributed by atoms with Gasteiger partial charge in [0.05, 0.1) is 30.6 Å². The van der Waals surface area contributed by atoms with Crippen molar-refractivity contribution in [1.29, 1.82) is 0 Å². The Morgan fingerprint density at radius 2 is 1.96 bits per heavy atom. The van der Waals surface area contributed by atoms with E-state index < -0.39 is 11.7 Å². The summed E-state index contributed by atoms with van der Waals surface area (Å²) >= 11 is 6.51. The Morgan fingerprint density at radius 1 is 1.13 bits per heavy atom. The number of hydrogen-bond acceptors (Lipinski definition) is 10. The lowest BCUT2D eigenvalue weighted by Crippen LogP contribution is -2.55. The number of nitrogens with one attached hydrogen (secondary N) is 1. The molecule has 45 heavy (non-hydrogen) atoms. The molecule has 7 heterocycles. The van der Waals surface area contributed by atoms with Crippen LogP contribution in [0.15, 0.2) is 18.5 Å². The molecular formula is C32H43ClN8O4. The molecule has 0 saturated carbocycles. The summed E-state index contributed by atoms with van der Waals surface area (Å²) < 4.78 is 19.8. The second-order valence-electron chi connectivity index (χ2n) is 13.8. The molecule has 3 atom stereocenters. The van der Waals surface area contributed by atoms with Crippen molar-refractivity contribution in [3.05, 3.63) is 29.2 Å². The summed E-state index contributed by atoms with van der Waals surface area (Å²) in [6.07, 6.45) is 9.48. The van der Waals surface area contributed by atoms with Gasteiger partial charge in [0.15, 0.2) is 23.2 Å². The zero-order chi connectivity index (χ0) is 31.3. The third-order valence-electron chi connectivity index (χ3n) is 9.65. The number of amides is 1. The zero-order valence-electron chi connectivity index (χ0n) is 26.6. The number of halogens is 1. The van der Waals surface area contributed by atoms with Crippen LogP contribution in [-0.2, 0) is 20.6 Å². The fraction of sp³-hybridized carbons (Fsp3) is 0.656. The van der Waals surface area contributed by atoms with Crippen LogP contribution in [0.2, 0.25) is 5.15 Å². The molecule has 3 aromatic heterocycles. The zero-order valence-corrected chi connectivity index (χ0v) is 27.3. The molecule has 7 rings (SSSR count). The van der Waals surface area contributed by atoms with Gasteiger partial charge >= 0.3 is 6.09 Å². The highest BCUT2D eigenvalue weighted by atomic mass is 35.5. The summed E-state index contributed by atoms with van der Waals surface area (Å²) in [6.45, 7) is 11.3. The Morgan fingerprint density at radius 3 is 2.71 bits per heavy atom. The Hall–Kier alpha value is -3.22. The first kappa shape index (κ1) is 30.4. The monoisotopic (exact) mass is 638 g/mol. The molecule has 0 radical (unpaired) electrons. The van der Waals surface area contributed by atoms with Crippen LogP contribution in [0.1, 0.15) is 78.0 Å². The molecular weight excluding hydrogens is 596 g/mol. The van der Waals surface area contributed by atoms with Crippen molar-refractivity contribution in [1.82, 2.24) is 30.0 Å². The van der Waals surface area contributed by atoms with Gasteiger partial charge < -0.3 is 29.3 Å². The van der Waals surface area contributed by atoms with E-state index in [1.807, 2.05) is 44.6 Å². The van der Waals surface area contributed by atoms with Crippen LogP contribution in [0, 0.1) is 5.41 Å². The van der Waals surface area contributed by atoms with Crippen molar-refractivity contribution in [3.8, 4) is 0 Å². The summed E-state index contributed by atoms with van der Waals surface area (Å²) in [5.41, 5.74) is 2.82. The molecule has 4 aliphatic heterocycles. The molecule has 3 aromatic rings. The largest absolute Gasteiger partial charge is 0.444 e. The van der Waals surface area contributed by atoms with Crippen LogP contribution in [0.4, 0.5) is 22.1 Å². The lowest BCUT2D eigenvalue weighted by molar-refractivity contribution is -0.0368. The van der Waals surface area contributed by atoms with E-state index in [2.05, 4.69) is 20.1 Å². The molecule has 3 saturated heterocycles. The van der Waals surface area contributed by atoms with Gasteiger partial charge in [-0.1, -0.05) is 11.6 Å². The predicted octanol–water partition coefficient (Wildman–Crippen LogP) is 5.56. The highest BCUT2D eigenvalue weighted by Gasteiger charge is 2.50. The Labute approximate surface area is 268 Å². The topological polar surface area (TPSA) is 120 Å². The number of aromatic nitrogens is 5. The fourth-order valence-corrected chi connectivity index (χ4v) is 7.60. The highest BCUT2D eigenvalue weighted by molar-refractivity contribution is 6.30. The van der Waals surface area contributed by atoms with E-state index >= 15 is 0 Å². The Kier molecular flexibility index (Phi) is 8.02. The smallest absolute Gasteiger partial charge is 0.407 e. The van der Waals surface area contributed by atoms with Crippen molar-refractivity contribution in [2.45, 2.75) is 96.6 Å². The normalized spacial score (nSPS) is 25.0. The Bertz CT molecular complexity index is 1560. The minimum atomic E-state index is -0.558. The molecule has 3 fully saturated rings.